The summed E-state index contributed by atoms with van der Waals surface area (Å²) in [6, 6.07) is 22.4. The van der Waals surface area contributed by atoms with Gasteiger partial charge < -0.3 is 23.8 Å². The summed E-state index contributed by atoms with van der Waals surface area (Å²) < 4.78 is 13.6. The van der Waals surface area contributed by atoms with Crippen molar-refractivity contribution in [2.24, 2.45) is 7.05 Å². The summed E-state index contributed by atoms with van der Waals surface area (Å²) in [7, 11) is 3.60. The highest BCUT2D eigenvalue weighted by Crippen LogP contribution is 2.31. The topological polar surface area (TPSA) is 80.1 Å². The van der Waals surface area contributed by atoms with Gasteiger partial charge in [-0.25, -0.2) is 4.98 Å². The molecule has 6 rings (SSSR count). The van der Waals surface area contributed by atoms with Crippen LogP contribution < -0.4 is 14.4 Å². The van der Waals surface area contributed by atoms with Crippen LogP contribution in [0.2, 0.25) is 10.0 Å². The molecule has 9 nitrogen and oxygen atoms in total. The van der Waals surface area contributed by atoms with Crippen molar-refractivity contribution in [2.75, 3.05) is 44.7 Å². The summed E-state index contributed by atoms with van der Waals surface area (Å²) in [5.41, 5.74) is 4.66. The third kappa shape index (κ3) is 7.13. The number of amides is 2. The van der Waals surface area contributed by atoms with Crippen molar-refractivity contribution < 1.29 is 19.1 Å². The monoisotopic (exact) mass is 685 g/mol. The summed E-state index contributed by atoms with van der Waals surface area (Å²) >= 11 is 12.1. The van der Waals surface area contributed by atoms with Gasteiger partial charge in [-0.05, 0) is 79.6 Å². The van der Waals surface area contributed by atoms with E-state index in [0.29, 0.717) is 58.3 Å². The number of aromatic nitrogens is 2. The zero-order valence-corrected chi connectivity index (χ0v) is 28.9. The molecular formula is C37H37Cl2N5O4. The van der Waals surface area contributed by atoms with Crippen LogP contribution in [-0.2, 0) is 13.6 Å². The first kappa shape index (κ1) is 33.3. The SMILES string of the molecule is CCOc1ccc(CN2CCN(C(=O)c3cc4cc(Oc5cc(C)c(N(C)C(=O)c6ccc(Cl)c(Cl)c6)cn5)ccc4n3C)CC2)cc1. The van der Waals surface area contributed by atoms with E-state index < -0.39 is 0 Å². The van der Waals surface area contributed by atoms with Gasteiger partial charge in [-0.3, -0.25) is 14.5 Å². The molecule has 11 heteroatoms. The van der Waals surface area contributed by atoms with Crippen LogP contribution in [0.3, 0.4) is 0 Å². The third-order valence-corrected chi connectivity index (χ3v) is 9.39. The molecule has 0 spiro atoms. The molecule has 1 aliphatic heterocycles. The van der Waals surface area contributed by atoms with Crippen LogP contribution in [0.5, 0.6) is 17.4 Å². The van der Waals surface area contributed by atoms with Gasteiger partial charge in [0.05, 0.1) is 28.5 Å². The number of nitrogens with zero attached hydrogens (tertiary/aromatic N) is 5. The Morgan fingerprint density at radius 3 is 2.31 bits per heavy atom. The Morgan fingerprint density at radius 1 is 0.896 bits per heavy atom. The molecule has 2 aromatic heterocycles. The van der Waals surface area contributed by atoms with E-state index in [-0.39, 0.29) is 11.8 Å². The predicted molar refractivity (Wildman–Crippen MR) is 190 cm³/mol. The van der Waals surface area contributed by atoms with Crippen LogP contribution in [0.4, 0.5) is 5.69 Å². The van der Waals surface area contributed by atoms with Crippen molar-refractivity contribution in [2.45, 2.75) is 20.4 Å². The molecule has 3 aromatic carbocycles. The molecule has 0 saturated carbocycles. The largest absolute Gasteiger partial charge is 0.494 e. The number of pyridine rings is 1. The van der Waals surface area contributed by atoms with Crippen molar-refractivity contribution in [3.05, 3.63) is 111 Å². The summed E-state index contributed by atoms with van der Waals surface area (Å²) in [4.78, 5) is 37.0. The Hall–Kier alpha value is -4.57. The number of fused-ring (bicyclic) bond motifs is 1. The molecule has 0 radical (unpaired) electrons. The van der Waals surface area contributed by atoms with Crippen LogP contribution in [0, 0.1) is 6.92 Å². The van der Waals surface area contributed by atoms with E-state index in [1.54, 1.807) is 37.5 Å². The van der Waals surface area contributed by atoms with Crippen molar-refractivity contribution in [3.63, 3.8) is 0 Å². The van der Waals surface area contributed by atoms with E-state index in [2.05, 4.69) is 22.0 Å². The van der Waals surface area contributed by atoms with Gasteiger partial charge in [-0.15, -0.1) is 0 Å². The molecule has 0 bridgehead atoms. The lowest BCUT2D eigenvalue weighted by Crippen LogP contribution is -2.48. The van der Waals surface area contributed by atoms with Gasteiger partial charge in [0, 0.05) is 69.4 Å². The van der Waals surface area contributed by atoms with Gasteiger partial charge in [0.25, 0.3) is 11.8 Å². The summed E-state index contributed by atoms with van der Waals surface area (Å²) in [6.07, 6.45) is 1.61. The maximum Gasteiger partial charge on any atom is 0.270 e. The number of anilines is 1. The number of hydrogen-bond acceptors (Lipinski definition) is 6. The Kier molecular flexibility index (Phi) is 9.91. The van der Waals surface area contributed by atoms with Crippen molar-refractivity contribution in [1.82, 2.24) is 19.4 Å². The number of rotatable bonds is 9. The summed E-state index contributed by atoms with van der Waals surface area (Å²) in [5, 5.41) is 1.60. The number of piperazine rings is 1. The molecular weight excluding hydrogens is 649 g/mol. The second-order valence-corrected chi connectivity index (χ2v) is 12.7. The van der Waals surface area contributed by atoms with Crippen LogP contribution >= 0.6 is 23.2 Å². The average Bonchev–Trinajstić information content (AvgIpc) is 3.41. The fraction of sp³-hybridized carbons (Fsp3) is 0.270. The molecule has 3 heterocycles. The lowest BCUT2D eigenvalue weighted by molar-refractivity contribution is 0.0619. The van der Waals surface area contributed by atoms with Gasteiger partial charge in [0.15, 0.2) is 0 Å². The molecule has 0 atom stereocenters. The summed E-state index contributed by atoms with van der Waals surface area (Å²) in [6.45, 7) is 8.32. The number of benzene rings is 3. The third-order valence-electron chi connectivity index (χ3n) is 8.65. The molecule has 0 aliphatic carbocycles. The molecule has 1 aliphatic rings. The van der Waals surface area contributed by atoms with E-state index in [1.165, 1.54) is 10.5 Å². The molecule has 0 N–H and O–H groups in total. The standard InChI is InChI=1S/C37H37Cl2N5O4/c1-5-47-28-9-6-25(7-10-28)23-43-14-16-44(17-15-43)37(46)33-21-27-19-29(11-13-32(27)41(33)3)48-35-18-24(2)34(22-40-35)42(4)36(45)26-8-12-30(38)31(39)20-26/h6-13,18-22H,5,14-17,23H2,1-4H3. The van der Waals surface area contributed by atoms with Crippen LogP contribution in [-0.4, -0.2) is 71.0 Å². The highest BCUT2D eigenvalue weighted by atomic mass is 35.5. The Balaban J connectivity index is 1.09. The average molecular weight is 687 g/mol. The maximum absolute atomic E-state index is 13.6. The van der Waals surface area contributed by atoms with E-state index in [9.17, 15) is 9.59 Å². The highest BCUT2D eigenvalue weighted by molar-refractivity contribution is 6.42. The number of carbonyl (C=O) groups excluding carboxylic acids is 2. The number of carbonyl (C=O) groups is 2. The molecule has 5 aromatic rings. The number of ether oxygens (including phenoxy) is 2. The number of hydrogen-bond donors (Lipinski definition) is 0. The van der Waals surface area contributed by atoms with E-state index in [0.717, 1.165) is 41.9 Å². The smallest absolute Gasteiger partial charge is 0.270 e. The second-order valence-electron chi connectivity index (χ2n) is 11.9. The Bertz CT molecular complexity index is 1970. The van der Waals surface area contributed by atoms with Crippen LogP contribution in [0.15, 0.2) is 79.0 Å². The predicted octanol–water partition coefficient (Wildman–Crippen LogP) is 7.61. The van der Waals surface area contributed by atoms with Crippen LogP contribution in [0.1, 0.15) is 38.9 Å². The normalized spacial score (nSPS) is 13.5. The quantitative estimate of drug-likeness (QED) is 0.159. The zero-order chi connectivity index (χ0) is 33.9. The van der Waals surface area contributed by atoms with Crippen molar-refractivity contribution >= 4 is 51.6 Å². The number of aryl methyl sites for hydroxylation is 2. The molecule has 0 unspecified atom stereocenters. The van der Waals surface area contributed by atoms with E-state index in [4.69, 9.17) is 32.7 Å². The van der Waals surface area contributed by atoms with Gasteiger partial charge in [-0.1, -0.05) is 35.3 Å². The zero-order valence-electron chi connectivity index (χ0n) is 27.4. The minimum atomic E-state index is -0.238. The number of halogens is 2. The minimum Gasteiger partial charge on any atom is -0.494 e. The lowest BCUT2D eigenvalue weighted by atomic mass is 10.1. The first-order chi connectivity index (χ1) is 23.1. The fourth-order valence-electron chi connectivity index (χ4n) is 5.97. The molecule has 2 amide bonds. The second kappa shape index (κ2) is 14.3. The first-order valence-electron chi connectivity index (χ1n) is 15.8. The van der Waals surface area contributed by atoms with Gasteiger partial charge in [0.2, 0.25) is 5.88 Å². The Labute approximate surface area is 290 Å². The summed E-state index contributed by atoms with van der Waals surface area (Å²) in [5.74, 6) is 1.64. The maximum atomic E-state index is 13.6. The van der Waals surface area contributed by atoms with Crippen molar-refractivity contribution in [1.29, 1.82) is 0 Å². The first-order valence-corrected chi connectivity index (χ1v) is 16.6. The van der Waals surface area contributed by atoms with E-state index >= 15 is 0 Å². The van der Waals surface area contributed by atoms with Crippen LogP contribution in [0.25, 0.3) is 10.9 Å². The van der Waals surface area contributed by atoms with Gasteiger partial charge >= 0.3 is 0 Å². The fourth-order valence-corrected chi connectivity index (χ4v) is 6.26. The molecule has 48 heavy (non-hydrogen) atoms. The molecule has 248 valence electrons. The molecule has 1 saturated heterocycles. The lowest BCUT2D eigenvalue weighted by Gasteiger charge is -2.34. The highest BCUT2D eigenvalue weighted by Gasteiger charge is 2.25. The van der Waals surface area contributed by atoms with E-state index in [1.807, 2.05) is 66.8 Å². The van der Waals surface area contributed by atoms with Gasteiger partial charge in [0.1, 0.15) is 17.2 Å². The Morgan fingerprint density at radius 2 is 1.62 bits per heavy atom. The minimum absolute atomic E-state index is 0.0179. The molecule has 1 fully saturated rings. The van der Waals surface area contributed by atoms with Crippen molar-refractivity contribution in [3.8, 4) is 17.4 Å². The van der Waals surface area contributed by atoms with Gasteiger partial charge in [-0.2, -0.15) is 0 Å².